The number of amides is 1. The molecule has 1 aliphatic rings. The average molecular weight is 353 g/mol. The van der Waals surface area contributed by atoms with Gasteiger partial charge in [-0.2, -0.15) is 5.10 Å². The number of hydrogen-bond donors (Lipinski definition) is 1. The molecule has 0 saturated carbocycles. The Labute approximate surface area is 155 Å². The molecule has 0 spiro atoms. The van der Waals surface area contributed by atoms with E-state index >= 15 is 0 Å². The van der Waals surface area contributed by atoms with Crippen molar-refractivity contribution < 1.29 is 9.21 Å². The van der Waals surface area contributed by atoms with E-state index in [4.69, 9.17) is 4.42 Å². The van der Waals surface area contributed by atoms with Crippen LogP contribution < -0.4 is 10.3 Å². The monoisotopic (exact) mass is 353 g/mol. The summed E-state index contributed by atoms with van der Waals surface area (Å²) in [5.41, 5.74) is 7.48. The van der Waals surface area contributed by atoms with Crippen molar-refractivity contribution in [1.29, 1.82) is 0 Å². The fraction of sp³-hybridized carbons (Fsp3) is 0.429. The third-order valence-electron chi connectivity index (χ3n) is 5.20. The lowest BCUT2D eigenvalue weighted by Gasteiger charge is -2.47. The molecule has 0 saturated heterocycles. The fourth-order valence-corrected chi connectivity index (χ4v) is 4.01. The van der Waals surface area contributed by atoms with Crippen LogP contribution in [0.5, 0.6) is 0 Å². The van der Waals surface area contributed by atoms with Crippen LogP contribution in [0.1, 0.15) is 67.3 Å². The third kappa shape index (κ3) is 3.39. The molecular formula is C21H27N3O2. The van der Waals surface area contributed by atoms with Crippen LogP contribution in [0.15, 0.2) is 40.0 Å². The molecule has 0 radical (unpaired) electrons. The highest BCUT2D eigenvalue weighted by Gasteiger charge is 2.35. The Morgan fingerprint density at radius 2 is 2.23 bits per heavy atom. The number of fused-ring (bicyclic) bond motifs is 1. The van der Waals surface area contributed by atoms with Gasteiger partial charge in [-0.15, -0.1) is 0 Å². The Balaban J connectivity index is 1.85. The molecule has 0 unspecified atom stereocenters. The molecule has 5 nitrogen and oxygen atoms in total. The van der Waals surface area contributed by atoms with E-state index in [0.29, 0.717) is 5.92 Å². The van der Waals surface area contributed by atoms with Crippen LogP contribution in [0, 0.1) is 6.92 Å². The van der Waals surface area contributed by atoms with Crippen molar-refractivity contribution in [3.8, 4) is 0 Å². The van der Waals surface area contributed by atoms with E-state index in [2.05, 4.69) is 62.2 Å². The second kappa shape index (κ2) is 6.98. The van der Waals surface area contributed by atoms with Crippen LogP contribution >= 0.6 is 0 Å². The molecule has 1 amide bonds. The van der Waals surface area contributed by atoms with Gasteiger partial charge in [-0.05, 0) is 81.0 Å². The van der Waals surface area contributed by atoms with E-state index in [-0.39, 0.29) is 17.2 Å². The predicted molar refractivity (Wildman–Crippen MR) is 105 cm³/mol. The molecule has 2 heterocycles. The van der Waals surface area contributed by atoms with E-state index in [9.17, 15) is 4.79 Å². The summed E-state index contributed by atoms with van der Waals surface area (Å²) in [6, 6.07) is 7.73. The predicted octanol–water partition coefficient (Wildman–Crippen LogP) is 4.46. The van der Waals surface area contributed by atoms with Crippen molar-refractivity contribution in [2.75, 3.05) is 11.4 Å². The lowest BCUT2D eigenvalue weighted by atomic mass is 9.79. The molecule has 1 aromatic carbocycles. The van der Waals surface area contributed by atoms with Gasteiger partial charge in [0.15, 0.2) is 5.76 Å². The van der Waals surface area contributed by atoms with E-state index in [1.54, 1.807) is 18.3 Å². The van der Waals surface area contributed by atoms with Gasteiger partial charge in [0, 0.05) is 17.8 Å². The summed E-state index contributed by atoms with van der Waals surface area (Å²) in [4.78, 5) is 14.4. The number of carbonyl (C=O) groups is 1. The number of hydrazone groups is 1. The first-order chi connectivity index (χ1) is 12.3. The Bertz CT molecular complexity index is 822. The summed E-state index contributed by atoms with van der Waals surface area (Å²) in [6.45, 7) is 12.2. The van der Waals surface area contributed by atoms with Gasteiger partial charge in [0.1, 0.15) is 0 Å². The Hall–Kier alpha value is -2.56. The highest BCUT2D eigenvalue weighted by Crippen LogP contribution is 2.43. The molecule has 2 aromatic rings. The van der Waals surface area contributed by atoms with Crippen molar-refractivity contribution in [1.82, 2.24) is 5.43 Å². The van der Waals surface area contributed by atoms with E-state index < -0.39 is 0 Å². The van der Waals surface area contributed by atoms with Gasteiger partial charge >= 0.3 is 5.91 Å². The lowest BCUT2D eigenvalue weighted by molar-refractivity contribution is 0.0927. The molecule has 0 bridgehead atoms. The van der Waals surface area contributed by atoms with E-state index in [1.165, 1.54) is 17.5 Å². The van der Waals surface area contributed by atoms with Crippen LogP contribution in [0.2, 0.25) is 0 Å². The number of hydrogen-bond acceptors (Lipinski definition) is 4. The number of anilines is 1. The SMILES string of the molecule is CCN1c2cc(C)c(/C=N/NC(=O)c3ccco3)cc2[C@@H](C)CC1(C)C. The van der Waals surface area contributed by atoms with Gasteiger partial charge in [0.25, 0.3) is 0 Å². The van der Waals surface area contributed by atoms with Crippen LogP contribution in [0.4, 0.5) is 5.69 Å². The molecule has 138 valence electrons. The summed E-state index contributed by atoms with van der Waals surface area (Å²) >= 11 is 0. The average Bonchev–Trinajstić information content (AvgIpc) is 3.10. The molecule has 1 atom stereocenters. The summed E-state index contributed by atoms with van der Waals surface area (Å²) in [5.74, 6) is 0.376. The summed E-state index contributed by atoms with van der Waals surface area (Å²) in [6.07, 6.45) is 4.29. The number of aryl methyl sites for hydroxylation is 1. The molecule has 1 aromatic heterocycles. The quantitative estimate of drug-likeness (QED) is 0.652. The minimum atomic E-state index is -0.353. The molecule has 1 N–H and O–H groups in total. The van der Waals surface area contributed by atoms with Crippen molar-refractivity contribution >= 4 is 17.8 Å². The normalized spacial score (nSPS) is 18.8. The van der Waals surface area contributed by atoms with Gasteiger partial charge in [-0.25, -0.2) is 5.43 Å². The first-order valence-corrected chi connectivity index (χ1v) is 9.12. The number of nitrogens with zero attached hydrogens (tertiary/aromatic N) is 2. The highest BCUT2D eigenvalue weighted by atomic mass is 16.3. The summed E-state index contributed by atoms with van der Waals surface area (Å²) in [7, 11) is 0. The van der Waals surface area contributed by atoms with Gasteiger partial charge in [0.05, 0.1) is 12.5 Å². The largest absolute Gasteiger partial charge is 0.459 e. The molecule has 1 aliphatic heterocycles. The van der Waals surface area contributed by atoms with Crippen molar-refractivity contribution in [2.45, 2.75) is 52.5 Å². The number of carbonyl (C=O) groups excluding carboxylic acids is 1. The van der Waals surface area contributed by atoms with Crippen molar-refractivity contribution in [3.05, 3.63) is 53.0 Å². The maximum Gasteiger partial charge on any atom is 0.307 e. The molecule has 5 heteroatoms. The second-order valence-corrected chi connectivity index (χ2v) is 7.61. The number of rotatable bonds is 4. The number of benzene rings is 1. The number of furan rings is 1. The van der Waals surface area contributed by atoms with Crippen LogP contribution in [0.3, 0.4) is 0 Å². The molecule has 26 heavy (non-hydrogen) atoms. The van der Waals surface area contributed by atoms with Gasteiger partial charge in [-0.3, -0.25) is 4.79 Å². The maximum absolute atomic E-state index is 11.9. The first-order valence-electron chi connectivity index (χ1n) is 9.12. The minimum absolute atomic E-state index is 0.153. The maximum atomic E-state index is 11.9. The minimum Gasteiger partial charge on any atom is -0.459 e. The Morgan fingerprint density at radius 1 is 1.46 bits per heavy atom. The summed E-state index contributed by atoms with van der Waals surface area (Å²) < 4.78 is 5.06. The first kappa shape index (κ1) is 18.2. The van der Waals surface area contributed by atoms with Crippen molar-refractivity contribution in [2.24, 2.45) is 5.10 Å². The van der Waals surface area contributed by atoms with Crippen LogP contribution in [0.25, 0.3) is 0 Å². The topological polar surface area (TPSA) is 57.8 Å². The Kier molecular flexibility index (Phi) is 4.90. The highest BCUT2D eigenvalue weighted by molar-refractivity contribution is 5.92. The zero-order valence-corrected chi connectivity index (χ0v) is 16.2. The zero-order chi connectivity index (χ0) is 18.9. The third-order valence-corrected chi connectivity index (χ3v) is 5.20. The summed E-state index contributed by atoms with van der Waals surface area (Å²) in [5, 5.41) is 4.10. The van der Waals surface area contributed by atoms with Gasteiger partial charge in [-0.1, -0.05) is 6.92 Å². The zero-order valence-electron chi connectivity index (χ0n) is 16.2. The van der Waals surface area contributed by atoms with E-state index in [1.807, 2.05) is 0 Å². The smallest absolute Gasteiger partial charge is 0.307 e. The molecule has 0 aliphatic carbocycles. The molecular weight excluding hydrogens is 326 g/mol. The van der Waals surface area contributed by atoms with Crippen LogP contribution in [-0.4, -0.2) is 24.2 Å². The lowest BCUT2D eigenvalue weighted by Crippen LogP contribution is -2.48. The van der Waals surface area contributed by atoms with Crippen molar-refractivity contribution in [3.63, 3.8) is 0 Å². The molecule has 3 rings (SSSR count). The molecule has 0 fully saturated rings. The fourth-order valence-electron chi connectivity index (χ4n) is 4.01. The van der Waals surface area contributed by atoms with Crippen LogP contribution in [-0.2, 0) is 0 Å². The van der Waals surface area contributed by atoms with Gasteiger partial charge in [0.2, 0.25) is 0 Å². The number of nitrogens with one attached hydrogen (secondary N) is 1. The Morgan fingerprint density at radius 3 is 2.88 bits per heavy atom. The standard InChI is InChI=1S/C21H27N3O2/c1-6-24-18-10-14(2)16(11-17(18)15(3)12-21(24,4)5)13-22-23-20(25)19-8-7-9-26-19/h7-11,13,15H,6,12H2,1-5H3,(H,23,25)/b22-13+/t15-/m0/s1. The van der Waals surface area contributed by atoms with Gasteiger partial charge < -0.3 is 9.32 Å². The second-order valence-electron chi connectivity index (χ2n) is 7.61. The van der Waals surface area contributed by atoms with E-state index in [0.717, 1.165) is 24.1 Å².